The smallest absolute Gasteiger partial charge is 0.327 e. The van der Waals surface area contributed by atoms with Crippen molar-refractivity contribution in [3.8, 4) is 0 Å². The molecule has 3 aromatic heterocycles. The van der Waals surface area contributed by atoms with Crippen LogP contribution in [0.3, 0.4) is 0 Å². The van der Waals surface area contributed by atoms with Crippen molar-refractivity contribution in [3.63, 3.8) is 0 Å². The monoisotopic (exact) mass is 936 g/mol. The van der Waals surface area contributed by atoms with Gasteiger partial charge < -0.3 is 15.3 Å². The van der Waals surface area contributed by atoms with Crippen LogP contribution in [0.2, 0.25) is 0 Å². The number of carbonyl (C=O) groups is 3. The molecule has 21 heteroatoms. The number of aliphatic carboxylic acids is 3. The lowest BCUT2D eigenvalue weighted by Gasteiger charge is -2.35. The Morgan fingerprint density at radius 1 is 0.545 bits per heavy atom. The zero-order valence-electron chi connectivity index (χ0n) is 43.2. The van der Waals surface area contributed by atoms with Crippen molar-refractivity contribution in [1.82, 2.24) is 76.2 Å². The van der Waals surface area contributed by atoms with Gasteiger partial charge in [-0.15, -0.1) is 30.6 Å². The van der Waals surface area contributed by atoms with E-state index in [1.54, 1.807) is 0 Å². The number of nitrogens with zero attached hydrogens (tertiary/aromatic N) is 13. The number of hydrogen-bond donors (Lipinski definition) is 5. The van der Waals surface area contributed by atoms with Crippen LogP contribution in [-0.2, 0) is 37.2 Å². The van der Waals surface area contributed by atoms with Crippen LogP contribution >= 0.6 is 0 Å². The molecule has 380 valence electrons. The minimum absolute atomic E-state index is 0. The molecule has 0 aromatic carbocycles. The highest BCUT2D eigenvalue weighted by molar-refractivity contribution is 5.74. The minimum Gasteiger partial charge on any atom is -0.480 e. The Morgan fingerprint density at radius 3 is 1.09 bits per heavy atom. The summed E-state index contributed by atoms with van der Waals surface area (Å²) in [7, 11) is 0. The number of tetrazole rings is 3. The summed E-state index contributed by atoms with van der Waals surface area (Å²) in [6.45, 7) is 42.6. The number of likely N-dealkylation sites (tertiary alicyclic amines) is 3. The molecular weight excluding hydrogens is 847 g/mol. The van der Waals surface area contributed by atoms with Crippen LogP contribution < -0.4 is 0 Å². The Morgan fingerprint density at radius 2 is 0.894 bits per heavy atom. The number of carboxylic acids is 3. The van der Waals surface area contributed by atoms with E-state index in [0.717, 1.165) is 61.3 Å². The summed E-state index contributed by atoms with van der Waals surface area (Å²) in [5, 5.41) is 64.7. The first kappa shape index (κ1) is 61.5. The molecule has 0 spiro atoms. The van der Waals surface area contributed by atoms with E-state index in [0.29, 0.717) is 11.4 Å². The van der Waals surface area contributed by atoms with Crippen molar-refractivity contribution in [2.24, 2.45) is 0 Å². The fourth-order valence-electron chi connectivity index (χ4n) is 7.27. The number of H-pyrrole nitrogens is 2. The minimum atomic E-state index is -0.974. The first-order chi connectivity index (χ1) is 29.5. The number of hydrogen-bond acceptors (Lipinski definition) is 15. The third kappa shape index (κ3) is 21.9. The van der Waals surface area contributed by atoms with E-state index in [4.69, 9.17) is 15.3 Å². The highest BCUT2D eigenvalue weighted by atomic mass is 16.4. The lowest BCUT2D eigenvalue weighted by molar-refractivity contribution is -0.144. The lowest BCUT2D eigenvalue weighted by Crippen LogP contribution is -2.47. The average Bonchev–Trinajstić information content (AvgIpc) is 3.99. The summed E-state index contributed by atoms with van der Waals surface area (Å²) < 4.78 is 0. The van der Waals surface area contributed by atoms with Crippen LogP contribution in [0.15, 0.2) is 0 Å². The molecule has 0 bridgehead atoms. The van der Waals surface area contributed by atoms with E-state index >= 15 is 0 Å². The largest absolute Gasteiger partial charge is 0.480 e. The van der Waals surface area contributed by atoms with E-state index in [1.807, 2.05) is 62.3 Å². The van der Waals surface area contributed by atoms with Crippen LogP contribution in [0.1, 0.15) is 195 Å². The molecule has 3 aromatic rings. The molecule has 66 heavy (non-hydrogen) atoms. The molecule has 3 aliphatic rings. The van der Waals surface area contributed by atoms with Crippen molar-refractivity contribution < 1.29 is 29.7 Å². The fourth-order valence-corrected chi connectivity index (χ4v) is 7.27. The van der Waals surface area contributed by atoms with Crippen LogP contribution in [0.4, 0.5) is 0 Å². The van der Waals surface area contributed by atoms with Gasteiger partial charge in [0.05, 0.1) is 0 Å². The van der Waals surface area contributed by atoms with Crippen molar-refractivity contribution >= 4 is 17.9 Å². The van der Waals surface area contributed by atoms with Gasteiger partial charge in [0.1, 0.15) is 12.1 Å². The molecule has 0 aliphatic carbocycles. The number of nitrogens with one attached hydrogen (secondary N) is 2. The van der Waals surface area contributed by atoms with Gasteiger partial charge in [0.25, 0.3) is 0 Å². The van der Waals surface area contributed by atoms with Crippen molar-refractivity contribution in [2.75, 3.05) is 19.6 Å². The van der Waals surface area contributed by atoms with Gasteiger partial charge in [-0.05, 0) is 133 Å². The second kappa shape index (κ2) is 25.6. The third-order valence-electron chi connectivity index (χ3n) is 10.6. The maximum Gasteiger partial charge on any atom is 0.327 e. The van der Waals surface area contributed by atoms with E-state index in [9.17, 15) is 14.4 Å². The van der Waals surface area contributed by atoms with Crippen LogP contribution in [-0.4, -0.2) is 164 Å². The standard InChI is InChI=1S/2C9H17NO2.C9H19N.C7H12N4O2.2C5H10N4.CH4/c2*1-9(2,3)10-6-4-5-7(10)8(11)12;1-8-6-5-7-10(8)9(2,3)4;1-7(2,3)6-8-10-11(9-6)4-5(12)13;2*1-5(2,3)4-6-8-9-7-4;/h2*7H,4-6H2,1-3H3,(H,11,12);8H,5-7H2,1-4H3;4H2,1-3H3,(H,12,13);2*1-3H3,(H,6,7,8,9);1H4/t2*7-;;;;;/m00...../s1. The summed E-state index contributed by atoms with van der Waals surface area (Å²) in [5.41, 5.74) is 0.172. The molecule has 3 atom stereocenters. The predicted molar refractivity (Wildman–Crippen MR) is 256 cm³/mol. The molecule has 6 heterocycles. The molecule has 0 saturated carbocycles. The molecule has 21 nitrogen and oxygen atoms in total. The van der Waals surface area contributed by atoms with Crippen LogP contribution in [0.25, 0.3) is 0 Å². The SMILES string of the molecule is C.CC(C)(C)N1CCC[C@H]1C(=O)O.CC(C)(C)N1CCC[C@H]1C(=O)O.CC(C)(C)c1nn[nH]n1.CC(C)(C)c1nn[nH]n1.CC(C)(C)c1nnn(CC(=O)O)n1.CC1CCCN1C(C)(C)C. The summed E-state index contributed by atoms with van der Waals surface area (Å²) in [6, 6.07) is 0.287. The Hall–Kier alpha value is -4.50. The Kier molecular flexibility index (Phi) is 23.8. The summed E-state index contributed by atoms with van der Waals surface area (Å²) in [6.07, 6.45) is 6.39. The van der Waals surface area contributed by atoms with Gasteiger partial charge >= 0.3 is 17.9 Å². The van der Waals surface area contributed by atoms with Crippen molar-refractivity contribution in [2.45, 2.75) is 235 Å². The Labute approximate surface area is 395 Å². The van der Waals surface area contributed by atoms with E-state index in [-0.39, 0.29) is 53.4 Å². The van der Waals surface area contributed by atoms with Crippen molar-refractivity contribution in [3.05, 3.63) is 17.5 Å². The Bertz CT molecular complexity index is 1740. The van der Waals surface area contributed by atoms with Gasteiger partial charge in [0, 0.05) is 38.9 Å². The topological polar surface area (TPSA) is 274 Å². The molecule has 6 rings (SSSR count). The van der Waals surface area contributed by atoms with Crippen LogP contribution in [0, 0.1) is 0 Å². The molecular formula is C45H89N15O6. The maximum absolute atomic E-state index is 10.8. The first-order valence-electron chi connectivity index (χ1n) is 22.7. The van der Waals surface area contributed by atoms with E-state index in [1.165, 1.54) is 19.4 Å². The van der Waals surface area contributed by atoms with Crippen molar-refractivity contribution in [1.29, 1.82) is 0 Å². The number of aromatic amines is 2. The highest BCUT2D eigenvalue weighted by Crippen LogP contribution is 2.28. The fraction of sp³-hybridized carbons (Fsp3) is 0.867. The highest BCUT2D eigenvalue weighted by Gasteiger charge is 2.38. The average molecular weight is 936 g/mol. The molecule has 3 saturated heterocycles. The molecule has 1 unspecified atom stereocenters. The van der Waals surface area contributed by atoms with E-state index < -0.39 is 17.9 Å². The van der Waals surface area contributed by atoms with Gasteiger partial charge in [-0.2, -0.15) is 15.2 Å². The summed E-state index contributed by atoms with van der Waals surface area (Å²) >= 11 is 0. The maximum atomic E-state index is 10.8. The summed E-state index contributed by atoms with van der Waals surface area (Å²) in [4.78, 5) is 39.7. The van der Waals surface area contributed by atoms with Gasteiger partial charge in [0.15, 0.2) is 24.0 Å². The molecule has 0 radical (unpaired) electrons. The number of carboxylic acid groups (broad SMARTS) is 3. The van der Waals surface area contributed by atoms with Gasteiger partial charge in [-0.1, -0.05) is 80.2 Å². The van der Waals surface area contributed by atoms with Gasteiger partial charge in [0.2, 0.25) is 0 Å². The number of aromatic nitrogens is 12. The second-order valence-electron chi connectivity index (χ2n) is 22.8. The third-order valence-corrected chi connectivity index (χ3v) is 10.6. The molecule has 3 fully saturated rings. The zero-order valence-corrected chi connectivity index (χ0v) is 43.2. The molecule has 0 amide bonds. The van der Waals surface area contributed by atoms with E-state index in [2.05, 4.69) is 141 Å². The summed E-state index contributed by atoms with van der Waals surface area (Å²) in [5.74, 6) is -0.276. The quantitative estimate of drug-likeness (QED) is 0.184. The van der Waals surface area contributed by atoms with Gasteiger partial charge in [-0.25, -0.2) is 0 Å². The molecule has 3 aliphatic heterocycles. The lowest BCUT2D eigenvalue weighted by atomic mass is 9.96. The van der Waals surface area contributed by atoms with Crippen LogP contribution in [0.5, 0.6) is 0 Å². The second-order valence-corrected chi connectivity index (χ2v) is 22.8. The van der Waals surface area contributed by atoms with Gasteiger partial charge in [-0.3, -0.25) is 29.1 Å². The predicted octanol–water partition coefficient (Wildman–Crippen LogP) is 6.62. The zero-order chi connectivity index (χ0) is 50.4. The number of rotatable bonds is 4. The molecule has 5 N–H and O–H groups in total. The Balaban J connectivity index is 0.000000770. The normalized spacial score (nSPS) is 19.5. The first-order valence-corrected chi connectivity index (χ1v) is 22.7.